The topological polar surface area (TPSA) is 84.7 Å². The molecule has 0 saturated carbocycles. The van der Waals surface area contributed by atoms with Crippen molar-refractivity contribution in [3.63, 3.8) is 0 Å². The Morgan fingerprint density at radius 3 is 2.76 bits per heavy atom. The van der Waals surface area contributed by atoms with Gasteiger partial charge >= 0.3 is 0 Å². The van der Waals surface area contributed by atoms with Gasteiger partial charge in [0.25, 0.3) is 5.69 Å². The van der Waals surface area contributed by atoms with Crippen molar-refractivity contribution in [3.05, 3.63) is 32.8 Å². The van der Waals surface area contributed by atoms with Gasteiger partial charge < -0.3 is 15.0 Å². The zero-order chi connectivity index (χ0) is 15.4. The summed E-state index contributed by atoms with van der Waals surface area (Å²) in [4.78, 5) is 24.6. The normalized spacial score (nSPS) is 16.4. The average Bonchev–Trinajstić information content (AvgIpc) is 2.49. The van der Waals surface area contributed by atoms with E-state index in [0.29, 0.717) is 36.5 Å². The number of nitrogens with one attached hydrogen (secondary N) is 1. The molecule has 1 aromatic rings. The van der Waals surface area contributed by atoms with Crippen molar-refractivity contribution < 1.29 is 14.5 Å². The molecule has 8 heteroatoms. The zero-order valence-electron chi connectivity index (χ0n) is 11.5. The third-order valence-corrected chi connectivity index (χ3v) is 3.71. The van der Waals surface area contributed by atoms with Gasteiger partial charge in [-0.25, -0.2) is 0 Å². The third-order valence-electron chi connectivity index (χ3n) is 3.22. The number of carbonyl (C=O) groups excluding carboxylic acids is 1. The van der Waals surface area contributed by atoms with Gasteiger partial charge in [0, 0.05) is 23.6 Å². The average molecular weight is 358 g/mol. The Balaban J connectivity index is 2.10. The molecular formula is C13H16BrN3O4. The molecule has 114 valence electrons. The third kappa shape index (κ3) is 3.92. The number of anilines is 1. The number of nitro benzene ring substituents is 1. The minimum absolute atomic E-state index is 0.0639. The van der Waals surface area contributed by atoms with E-state index in [4.69, 9.17) is 4.74 Å². The molecule has 1 amide bonds. The molecule has 1 fully saturated rings. The highest BCUT2D eigenvalue weighted by molar-refractivity contribution is 9.10. The van der Waals surface area contributed by atoms with Gasteiger partial charge in [-0.3, -0.25) is 14.9 Å². The van der Waals surface area contributed by atoms with Crippen LogP contribution >= 0.6 is 15.9 Å². The lowest BCUT2D eigenvalue weighted by Gasteiger charge is -2.29. The molecule has 1 aliphatic heterocycles. The number of halogens is 1. The van der Waals surface area contributed by atoms with Crippen LogP contribution in [0.15, 0.2) is 22.7 Å². The van der Waals surface area contributed by atoms with Gasteiger partial charge in [0.1, 0.15) is 11.7 Å². The highest BCUT2D eigenvalue weighted by Gasteiger charge is 2.24. The van der Waals surface area contributed by atoms with Gasteiger partial charge in [-0.1, -0.05) is 15.9 Å². The second-order valence-corrected chi connectivity index (χ2v) is 5.64. The molecule has 21 heavy (non-hydrogen) atoms. The maximum atomic E-state index is 12.3. The number of benzene rings is 1. The fourth-order valence-electron chi connectivity index (χ4n) is 2.13. The lowest BCUT2D eigenvalue weighted by Crippen LogP contribution is -2.47. The summed E-state index contributed by atoms with van der Waals surface area (Å²) in [5.74, 6) is -0.0875. The molecule has 1 atom stereocenters. The summed E-state index contributed by atoms with van der Waals surface area (Å²) >= 11 is 3.20. The first-order chi connectivity index (χ1) is 9.99. The van der Waals surface area contributed by atoms with Crippen LogP contribution in [0, 0.1) is 10.1 Å². The second-order valence-electron chi connectivity index (χ2n) is 4.72. The number of rotatable bonds is 4. The molecule has 1 aromatic carbocycles. The zero-order valence-corrected chi connectivity index (χ0v) is 13.1. The quantitative estimate of drug-likeness (QED) is 0.658. The molecule has 1 unspecified atom stereocenters. The molecule has 1 aliphatic rings. The molecular weight excluding hydrogens is 342 g/mol. The van der Waals surface area contributed by atoms with Crippen molar-refractivity contribution in [3.8, 4) is 0 Å². The van der Waals surface area contributed by atoms with E-state index >= 15 is 0 Å². The Labute approximate surface area is 130 Å². The van der Waals surface area contributed by atoms with Crippen molar-refractivity contribution in [2.75, 3.05) is 31.6 Å². The molecule has 0 radical (unpaired) electrons. The Morgan fingerprint density at radius 1 is 1.48 bits per heavy atom. The van der Waals surface area contributed by atoms with Crippen LogP contribution in [-0.2, 0) is 9.53 Å². The van der Waals surface area contributed by atoms with E-state index in [-0.39, 0.29) is 11.6 Å². The van der Waals surface area contributed by atoms with E-state index in [0.717, 1.165) is 0 Å². The summed E-state index contributed by atoms with van der Waals surface area (Å²) in [6, 6.07) is 4.16. The SMILES string of the molecule is CC(Nc1ccc(Br)cc1[N+](=O)[O-])C(=O)N1CCOCC1. The van der Waals surface area contributed by atoms with Gasteiger partial charge in [0.05, 0.1) is 18.1 Å². The Morgan fingerprint density at radius 2 is 2.14 bits per heavy atom. The number of hydrogen-bond donors (Lipinski definition) is 1. The number of carbonyl (C=O) groups is 1. The standard InChI is InChI=1S/C13H16BrN3O4/c1-9(13(18)16-4-6-21-7-5-16)15-11-3-2-10(14)8-12(11)17(19)20/h2-3,8-9,15H,4-7H2,1H3. The summed E-state index contributed by atoms with van der Waals surface area (Å²) in [7, 11) is 0. The number of nitro groups is 1. The van der Waals surface area contributed by atoms with Gasteiger partial charge in [0.2, 0.25) is 5.91 Å². The van der Waals surface area contributed by atoms with E-state index in [9.17, 15) is 14.9 Å². The first kappa shape index (κ1) is 15.7. The summed E-state index contributed by atoms with van der Waals surface area (Å²) in [5, 5.41) is 14.0. The molecule has 2 rings (SSSR count). The van der Waals surface area contributed by atoms with Crippen molar-refractivity contribution in [1.29, 1.82) is 0 Å². The van der Waals surface area contributed by atoms with Gasteiger partial charge in [0.15, 0.2) is 0 Å². The summed E-state index contributed by atoms with van der Waals surface area (Å²) in [5.41, 5.74) is 0.267. The van der Waals surface area contributed by atoms with Gasteiger partial charge in [-0.05, 0) is 19.1 Å². The molecule has 0 spiro atoms. The largest absolute Gasteiger partial charge is 0.378 e. The summed E-state index contributed by atoms with van der Waals surface area (Å²) in [6.07, 6.45) is 0. The number of ether oxygens (including phenoxy) is 1. The Hall–Kier alpha value is -1.67. The molecule has 1 N–H and O–H groups in total. The number of amides is 1. The van der Waals surface area contributed by atoms with E-state index in [2.05, 4.69) is 21.2 Å². The van der Waals surface area contributed by atoms with Crippen molar-refractivity contribution in [2.45, 2.75) is 13.0 Å². The van der Waals surface area contributed by atoms with Gasteiger partial charge in [-0.2, -0.15) is 0 Å². The highest BCUT2D eigenvalue weighted by Crippen LogP contribution is 2.28. The minimum Gasteiger partial charge on any atom is -0.378 e. The van der Waals surface area contributed by atoms with Crippen molar-refractivity contribution in [1.82, 2.24) is 4.90 Å². The first-order valence-corrected chi connectivity index (χ1v) is 7.35. The minimum atomic E-state index is -0.539. The lowest BCUT2D eigenvalue weighted by atomic mass is 10.2. The predicted molar refractivity (Wildman–Crippen MR) is 81.3 cm³/mol. The first-order valence-electron chi connectivity index (χ1n) is 6.56. The van der Waals surface area contributed by atoms with Crippen LogP contribution in [0.4, 0.5) is 11.4 Å². The smallest absolute Gasteiger partial charge is 0.293 e. The van der Waals surface area contributed by atoms with Crippen LogP contribution in [0.25, 0.3) is 0 Å². The van der Waals surface area contributed by atoms with Crippen LogP contribution in [0.1, 0.15) is 6.92 Å². The van der Waals surface area contributed by atoms with Crippen LogP contribution in [0.5, 0.6) is 0 Å². The van der Waals surface area contributed by atoms with Crippen LogP contribution in [-0.4, -0.2) is 48.1 Å². The Kier molecular flexibility index (Phi) is 5.13. The van der Waals surface area contributed by atoms with Crippen molar-refractivity contribution >= 4 is 33.2 Å². The molecule has 1 saturated heterocycles. The number of nitrogens with zero attached hydrogens (tertiary/aromatic N) is 2. The van der Waals surface area contributed by atoms with E-state index in [1.165, 1.54) is 6.07 Å². The molecule has 0 aromatic heterocycles. The molecule has 0 bridgehead atoms. The fraction of sp³-hybridized carbons (Fsp3) is 0.462. The summed E-state index contributed by atoms with van der Waals surface area (Å²) < 4.78 is 5.82. The lowest BCUT2D eigenvalue weighted by molar-refractivity contribution is -0.384. The summed E-state index contributed by atoms with van der Waals surface area (Å²) in [6.45, 7) is 3.85. The maximum absolute atomic E-state index is 12.3. The van der Waals surface area contributed by atoms with E-state index in [1.54, 1.807) is 24.0 Å². The fourth-order valence-corrected chi connectivity index (χ4v) is 2.48. The monoisotopic (exact) mass is 357 g/mol. The maximum Gasteiger partial charge on any atom is 0.293 e. The highest BCUT2D eigenvalue weighted by atomic mass is 79.9. The molecule has 0 aliphatic carbocycles. The van der Waals surface area contributed by atoms with E-state index in [1.807, 2.05) is 0 Å². The van der Waals surface area contributed by atoms with Crippen LogP contribution in [0.3, 0.4) is 0 Å². The predicted octanol–water partition coefficient (Wildman–Crippen LogP) is 2.02. The molecule has 1 heterocycles. The van der Waals surface area contributed by atoms with Crippen LogP contribution < -0.4 is 5.32 Å². The number of morpholine rings is 1. The second kappa shape index (κ2) is 6.86. The Bertz CT molecular complexity index is 546. The molecule has 7 nitrogen and oxygen atoms in total. The van der Waals surface area contributed by atoms with Gasteiger partial charge in [-0.15, -0.1) is 0 Å². The van der Waals surface area contributed by atoms with E-state index < -0.39 is 11.0 Å². The number of hydrogen-bond acceptors (Lipinski definition) is 5. The van der Waals surface area contributed by atoms with Crippen molar-refractivity contribution in [2.24, 2.45) is 0 Å². The van der Waals surface area contributed by atoms with Crippen LogP contribution in [0.2, 0.25) is 0 Å².